The first-order valence-corrected chi connectivity index (χ1v) is 5.29. The van der Waals surface area contributed by atoms with E-state index in [9.17, 15) is 4.79 Å². The Hall–Kier alpha value is -0.940. The van der Waals surface area contributed by atoms with Gasteiger partial charge in [-0.25, -0.2) is 0 Å². The Morgan fingerprint density at radius 3 is 2.79 bits per heavy atom. The predicted molar refractivity (Wildman–Crippen MR) is 58.2 cm³/mol. The number of carbonyl (C=O) groups is 1. The molecular weight excluding hydrogens is 198 g/mol. The standard InChI is InChI=1S/C9H15N3OS/c1-5(2)8(13)11-9-7(4-10)6(3)12-14-9/h5H,4,10H2,1-3H3,(H,11,13). The van der Waals surface area contributed by atoms with E-state index >= 15 is 0 Å². The van der Waals surface area contributed by atoms with E-state index in [1.807, 2.05) is 20.8 Å². The van der Waals surface area contributed by atoms with Gasteiger partial charge in [0.15, 0.2) is 0 Å². The highest BCUT2D eigenvalue weighted by Crippen LogP contribution is 2.24. The quantitative estimate of drug-likeness (QED) is 0.799. The summed E-state index contributed by atoms with van der Waals surface area (Å²) < 4.78 is 4.15. The van der Waals surface area contributed by atoms with Gasteiger partial charge in [0, 0.05) is 18.0 Å². The lowest BCUT2D eigenvalue weighted by atomic mass is 10.2. The average Bonchev–Trinajstić information content (AvgIpc) is 2.46. The first-order chi connectivity index (χ1) is 6.56. The topological polar surface area (TPSA) is 68.0 Å². The van der Waals surface area contributed by atoms with Crippen LogP contribution in [0.15, 0.2) is 0 Å². The van der Waals surface area contributed by atoms with Gasteiger partial charge in [-0.2, -0.15) is 4.37 Å². The van der Waals surface area contributed by atoms with Crippen molar-refractivity contribution in [1.29, 1.82) is 0 Å². The Morgan fingerprint density at radius 1 is 1.64 bits per heavy atom. The lowest BCUT2D eigenvalue weighted by molar-refractivity contribution is -0.118. The second kappa shape index (κ2) is 4.52. The molecular formula is C9H15N3OS. The molecule has 1 rings (SSSR count). The van der Waals surface area contributed by atoms with E-state index < -0.39 is 0 Å². The van der Waals surface area contributed by atoms with Crippen molar-refractivity contribution in [3.05, 3.63) is 11.3 Å². The van der Waals surface area contributed by atoms with E-state index in [4.69, 9.17) is 5.73 Å². The van der Waals surface area contributed by atoms with Gasteiger partial charge < -0.3 is 11.1 Å². The Kier molecular flexibility index (Phi) is 3.60. The second-order valence-electron chi connectivity index (χ2n) is 3.42. The minimum absolute atomic E-state index is 0.00310. The van der Waals surface area contributed by atoms with Crippen LogP contribution in [-0.4, -0.2) is 10.3 Å². The molecule has 0 bridgehead atoms. The number of rotatable bonds is 3. The van der Waals surface area contributed by atoms with E-state index in [2.05, 4.69) is 9.69 Å². The maximum absolute atomic E-state index is 11.4. The van der Waals surface area contributed by atoms with Gasteiger partial charge in [-0.1, -0.05) is 13.8 Å². The summed E-state index contributed by atoms with van der Waals surface area (Å²) in [6.07, 6.45) is 0. The third kappa shape index (κ3) is 2.30. The SMILES string of the molecule is Cc1nsc(NC(=O)C(C)C)c1CN. The molecule has 0 fully saturated rings. The van der Waals surface area contributed by atoms with Crippen molar-refractivity contribution < 1.29 is 4.79 Å². The van der Waals surface area contributed by atoms with Crippen molar-refractivity contribution >= 4 is 22.4 Å². The van der Waals surface area contributed by atoms with E-state index in [1.54, 1.807) is 0 Å². The maximum Gasteiger partial charge on any atom is 0.227 e. The third-order valence-electron chi connectivity index (χ3n) is 1.95. The average molecular weight is 213 g/mol. The summed E-state index contributed by atoms with van der Waals surface area (Å²) in [6.45, 7) is 6.01. The Morgan fingerprint density at radius 2 is 2.29 bits per heavy atom. The molecule has 1 aromatic rings. The van der Waals surface area contributed by atoms with Crippen molar-refractivity contribution in [3.8, 4) is 0 Å². The van der Waals surface area contributed by atoms with E-state index in [1.165, 1.54) is 11.5 Å². The summed E-state index contributed by atoms with van der Waals surface area (Å²) in [5.41, 5.74) is 7.40. The number of hydrogen-bond acceptors (Lipinski definition) is 4. The van der Waals surface area contributed by atoms with E-state index in [0.29, 0.717) is 6.54 Å². The molecule has 0 atom stereocenters. The number of aromatic nitrogens is 1. The summed E-state index contributed by atoms with van der Waals surface area (Å²) >= 11 is 1.28. The summed E-state index contributed by atoms with van der Waals surface area (Å²) in [4.78, 5) is 11.4. The number of nitrogens with one attached hydrogen (secondary N) is 1. The molecule has 3 N–H and O–H groups in total. The fraction of sp³-hybridized carbons (Fsp3) is 0.556. The Balaban J connectivity index is 2.81. The molecule has 5 heteroatoms. The van der Waals surface area contributed by atoms with Crippen molar-refractivity contribution in [3.63, 3.8) is 0 Å². The van der Waals surface area contributed by atoms with Crippen LogP contribution in [-0.2, 0) is 11.3 Å². The minimum Gasteiger partial charge on any atom is -0.326 e. The lowest BCUT2D eigenvalue weighted by Gasteiger charge is -2.06. The van der Waals surface area contributed by atoms with Crippen LogP contribution in [0.25, 0.3) is 0 Å². The fourth-order valence-corrected chi connectivity index (χ4v) is 1.81. The highest BCUT2D eigenvalue weighted by molar-refractivity contribution is 7.10. The van der Waals surface area contributed by atoms with Crippen LogP contribution in [0.1, 0.15) is 25.1 Å². The van der Waals surface area contributed by atoms with E-state index in [-0.39, 0.29) is 11.8 Å². The smallest absolute Gasteiger partial charge is 0.227 e. The van der Waals surface area contributed by atoms with Crippen molar-refractivity contribution in [1.82, 2.24) is 4.37 Å². The van der Waals surface area contributed by atoms with Crippen molar-refractivity contribution in [2.75, 3.05) is 5.32 Å². The molecule has 0 aliphatic rings. The van der Waals surface area contributed by atoms with Crippen molar-refractivity contribution in [2.24, 2.45) is 11.7 Å². The molecule has 0 radical (unpaired) electrons. The van der Waals surface area contributed by atoms with Crippen LogP contribution in [0.2, 0.25) is 0 Å². The molecule has 0 saturated carbocycles. The summed E-state index contributed by atoms with van der Waals surface area (Å²) in [5, 5.41) is 3.60. The molecule has 0 spiro atoms. The molecule has 1 amide bonds. The second-order valence-corrected chi connectivity index (χ2v) is 4.20. The predicted octanol–water partition coefficient (Wildman–Crippen LogP) is 1.50. The van der Waals surface area contributed by atoms with Gasteiger partial charge in [-0.05, 0) is 18.5 Å². The normalized spacial score (nSPS) is 10.6. The molecule has 1 heterocycles. The third-order valence-corrected chi connectivity index (χ3v) is 2.85. The Bertz CT molecular complexity index is 333. The number of nitrogens with two attached hydrogens (primary N) is 1. The number of carbonyl (C=O) groups excluding carboxylic acids is 1. The molecule has 78 valence electrons. The molecule has 0 aliphatic heterocycles. The monoisotopic (exact) mass is 213 g/mol. The minimum atomic E-state index is -0.0250. The number of nitrogens with zero attached hydrogens (tertiary/aromatic N) is 1. The summed E-state index contributed by atoms with van der Waals surface area (Å²) in [5.74, 6) is -0.0219. The van der Waals surface area contributed by atoms with Gasteiger partial charge in [-0.15, -0.1) is 0 Å². The maximum atomic E-state index is 11.4. The van der Waals surface area contributed by atoms with Gasteiger partial charge in [0.1, 0.15) is 5.00 Å². The molecule has 0 saturated heterocycles. The lowest BCUT2D eigenvalue weighted by Crippen LogP contribution is -2.18. The van der Waals surface area contributed by atoms with Crippen LogP contribution in [0.4, 0.5) is 5.00 Å². The van der Waals surface area contributed by atoms with Crippen molar-refractivity contribution in [2.45, 2.75) is 27.3 Å². The molecule has 0 aliphatic carbocycles. The highest BCUT2D eigenvalue weighted by atomic mass is 32.1. The highest BCUT2D eigenvalue weighted by Gasteiger charge is 2.13. The number of hydrogen-bond donors (Lipinski definition) is 2. The largest absolute Gasteiger partial charge is 0.326 e. The van der Waals surface area contributed by atoms with Gasteiger partial charge in [0.05, 0.1) is 5.69 Å². The Labute approximate surface area is 87.7 Å². The summed E-state index contributed by atoms with van der Waals surface area (Å²) in [7, 11) is 0. The first-order valence-electron chi connectivity index (χ1n) is 4.52. The molecule has 0 aromatic carbocycles. The van der Waals surface area contributed by atoms with Crippen LogP contribution >= 0.6 is 11.5 Å². The van der Waals surface area contributed by atoms with Crippen LogP contribution in [0.3, 0.4) is 0 Å². The summed E-state index contributed by atoms with van der Waals surface area (Å²) in [6, 6.07) is 0. The zero-order chi connectivity index (χ0) is 10.7. The van der Waals surface area contributed by atoms with Crippen LogP contribution < -0.4 is 11.1 Å². The number of aryl methyl sites for hydroxylation is 1. The van der Waals surface area contributed by atoms with Crippen LogP contribution in [0, 0.1) is 12.8 Å². The number of anilines is 1. The molecule has 0 unspecified atom stereocenters. The zero-order valence-electron chi connectivity index (χ0n) is 8.63. The van der Waals surface area contributed by atoms with Gasteiger partial charge in [0.2, 0.25) is 5.91 Å². The first kappa shape index (κ1) is 11.1. The number of amides is 1. The fourth-order valence-electron chi connectivity index (χ4n) is 0.984. The molecule has 1 aromatic heterocycles. The van der Waals surface area contributed by atoms with Gasteiger partial charge in [0.25, 0.3) is 0 Å². The molecule has 4 nitrogen and oxygen atoms in total. The van der Waals surface area contributed by atoms with Gasteiger partial charge >= 0.3 is 0 Å². The van der Waals surface area contributed by atoms with Crippen LogP contribution in [0.5, 0.6) is 0 Å². The molecule has 14 heavy (non-hydrogen) atoms. The van der Waals surface area contributed by atoms with Gasteiger partial charge in [-0.3, -0.25) is 4.79 Å². The van der Waals surface area contributed by atoms with E-state index in [0.717, 1.165) is 16.3 Å². The zero-order valence-corrected chi connectivity index (χ0v) is 9.44.